The van der Waals surface area contributed by atoms with E-state index in [-0.39, 0.29) is 5.92 Å². The van der Waals surface area contributed by atoms with E-state index in [9.17, 15) is 4.79 Å². The molecule has 0 spiro atoms. The summed E-state index contributed by atoms with van der Waals surface area (Å²) in [6, 6.07) is 0. The summed E-state index contributed by atoms with van der Waals surface area (Å²) in [6.45, 7) is 8.42. The fourth-order valence-corrected chi connectivity index (χ4v) is 1.60. The molecule has 0 aromatic heterocycles. The molecule has 0 aliphatic heterocycles. The van der Waals surface area contributed by atoms with Crippen molar-refractivity contribution in [3.05, 3.63) is 0 Å². The van der Waals surface area contributed by atoms with E-state index in [1.165, 1.54) is 19.3 Å². The lowest BCUT2D eigenvalue weighted by atomic mass is 9.92. The van der Waals surface area contributed by atoms with Gasteiger partial charge in [-0.1, -0.05) is 47.0 Å². The van der Waals surface area contributed by atoms with Crippen LogP contribution in [0.3, 0.4) is 0 Å². The van der Waals surface area contributed by atoms with Crippen LogP contribution >= 0.6 is 0 Å². The van der Waals surface area contributed by atoms with Crippen LogP contribution in [0.5, 0.6) is 0 Å². The van der Waals surface area contributed by atoms with Crippen LogP contribution in [0.4, 0.5) is 0 Å². The van der Waals surface area contributed by atoms with E-state index in [0.29, 0.717) is 5.78 Å². The third-order valence-corrected chi connectivity index (χ3v) is 2.72. The zero-order valence-electron chi connectivity index (χ0n) is 9.60. The van der Waals surface area contributed by atoms with Crippen LogP contribution in [0, 0.1) is 11.8 Å². The molecule has 0 aliphatic carbocycles. The molecule has 0 saturated heterocycles. The van der Waals surface area contributed by atoms with Crippen molar-refractivity contribution in [1.29, 1.82) is 0 Å². The minimum atomic E-state index is 0.221. The molecule has 0 aromatic rings. The standard InChI is InChI=1S/C12H24O/c1-5-7-11(6-2)8-9-12(13)10(3)4/h10-11H,5-9H2,1-4H3. The molecular weight excluding hydrogens is 160 g/mol. The Hall–Kier alpha value is -0.330. The second-order valence-electron chi connectivity index (χ2n) is 4.22. The van der Waals surface area contributed by atoms with E-state index in [1.807, 2.05) is 13.8 Å². The maximum atomic E-state index is 11.4. The van der Waals surface area contributed by atoms with E-state index in [0.717, 1.165) is 18.8 Å². The number of rotatable bonds is 7. The Morgan fingerprint density at radius 3 is 2.15 bits per heavy atom. The van der Waals surface area contributed by atoms with Crippen molar-refractivity contribution in [2.45, 2.75) is 59.8 Å². The van der Waals surface area contributed by atoms with Crippen molar-refractivity contribution in [2.75, 3.05) is 0 Å². The third-order valence-electron chi connectivity index (χ3n) is 2.72. The molecule has 0 amide bonds. The first-order chi connectivity index (χ1) is 6.11. The first kappa shape index (κ1) is 12.7. The van der Waals surface area contributed by atoms with Gasteiger partial charge in [-0.15, -0.1) is 0 Å². The smallest absolute Gasteiger partial charge is 0.135 e. The summed E-state index contributed by atoms with van der Waals surface area (Å²) in [7, 11) is 0. The van der Waals surface area contributed by atoms with Crippen LogP contribution in [0.2, 0.25) is 0 Å². The van der Waals surface area contributed by atoms with Gasteiger partial charge in [-0.05, 0) is 12.3 Å². The van der Waals surface area contributed by atoms with Gasteiger partial charge in [0.25, 0.3) is 0 Å². The van der Waals surface area contributed by atoms with Crippen LogP contribution in [0.15, 0.2) is 0 Å². The van der Waals surface area contributed by atoms with Gasteiger partial charge in [-0.25, -0.2) is 0 Å². The molecule has 1 unspecified atom stereocenters. The largest absolute Gasteiger partial charge is 0.299 e. The molecule has 0 saturated carbocycles. The molecule has 1 atom stereocenters. The van der Waals surface area contributed by atoms with Crippen molar-refractivity contribution in [3.63, 3.8) is 0 Å². The molecule has 78 valence electrons. The van der Waals surface area contributed by atoms with Gasteiger partial charge in [0.2, 0.25) is 0 Å². The Morgan fingerprint density at radius 1 is 1.15 bits per heavy atom. The summed E-state index contributed by atoms with van der Waals surface area (Å²) >= 11 is 0. The molecule has 1 heteroatoms. The minimum Gasteiger partial charge on any atom is -0.299 e. The van der Waals surface area contributed by atoms with Crippen LogP contribution < -0.4 is 0 Å². The predicted octanol–water partition coefficient (Wildman–Crippen LogP) is 3.82. The fraction of sp³-hybridized carbons (Fsp3) is 0.917. The molecule has 1 nitrogen and oxygen atoms in total. The number of Topliss-reactive ketones (excluding diaryl/α,β-unsaturated/α-hetero) is 1. The van der Waals surface area contributed by atoms with Crippen molar-refractivity contribution in [1.82, 2.24) is 0 Å². The number of ketones is 1. The average molecular weight is 184 g/mol. The Kier molecular flexibility index (Phi) is 6.93. The van der Waals surface area contributed by atoms with Crippen molar-refractivity contribution < 1.29 is 4.79 Å². The Morgan fingerprint density at radius 2 is 1.77 bits per heavy atom. The van der Waals surface area contributed by atoms with Gasteiger partial charge in [0, 0.05) is 12.3 Å². The van der Waals surface area contributed by atoms with Gasteiger partial charge in [-0.3, -0.25) is 4.79 Å². The van der Waals surface area contributed by atoms with Crippen LogP contribution in [-0.2, 0) is 4.79 Å². The number of hydrogen-bond acceptors (Lipinski definition) is 1. The van der Waals surface area contributed by atoms with Gasteiger partial charge >= 0.3 is 0 Å². The lowest BCUT2D eigenvalue weighted by Gasteiger charge is -2.13. The fourth-order valence-electron chi connectivity index (χ4n) is 1.60. The van der Waals surface area contributed by atoms with E-state index >= 15 is 0 Å². The summed E-state index contributed by atoms with van der Waals surface area (Å²) in [5, 5.41) is 0. The SMILES string of the molecule is CCCC(CC)CCC(=O)C(C)C. The molecule has 0 heterocycles. The van der Waals surface area contributed by atoms with Crippen molar-refractivity contribution >= 4 is 5.78 Å². The molecule has 0 rings (SSSR count). The Bertz CT molecular complexity index is 138. The molecule has 0 radical (unpaired) electrons. The van der Waals surface area contributed by atoms with Gasteiger partial charge in [-0.2, -0.15) is 0 Å². The molecule has 0 aliphatic rings. The zero-order valence-corrected chi connectivity index (χ0v) is 9.60. The normalized spacial score (nSPS) is 13.3. The van der Waals surface area contributed by atoms with E-state index < -0.39 is 0 Å². The second kappa shape index (κ2) is 7.11. The number of hydrogen-bond donors (Lipinski definition) is 0. The summed E-state index contributed by atoms with van der Waals surface area (Å²) < 4.78 is 0. The predicted molar refractivity (Wildman–Crippen MR) is 57.8 cm³/mol. The zero-order chi connectivity index (χ0) is 10.3. The minimum absolute atomic E-state index is 0.221. The maximum absolute atomic E-state index is 11.4. The second-order valence-corrected chi connectivity index (χ2v) is 4.22. The molecule has 0 fully saturated rings. The van der Waals surface area contributed by atoms with Gasteiger partial charge < -0.3 is 0 Å². The van der Waals surface area contributed by atoms with E-state index in [4.69, 9.17) is 0 Å². The summed E-state index contributed by atoms with van der Waals surface area (Å²) in [4.78, 5) is 11.4. The monoisotopic (exact) mass is 184 g/mol. The average Bonchev–Trinajstić information content (AvgIpc) is 2.11. The van der Waals surface area contributed by atoms with Crippen molar-refractivity contribution in [2.24, 2.45) is 11.8 Å². The lowest BCUT2D eigenvalue weighted by Crippen LogP contribution is -2.09. The molecule has 0 aromatic carbocycles. The Balaban J connectivity index is 3.65. The highest BCUT2D eigenvalue weighted by Crippen LogP contribution is 2.18. The Labute approximate surface area is 82.9 Å². The highest BCUT2D eigenvalue weighted by atomic mass is 16.1. The number of carbonyl (C=O) groups is 1. The highest BCUT2D eigenvalue weighted by molar-refractivity contribution is 5.80. The molecule has 13 heavy (non-hydrogen) atoms. The van der Waals surface area contributed by atoms with Gasteiger partial charge in [0.1, 0.15) is 5.78 Å². The summed E-state index contributed by atoms with van der Waals surface area (Å²) in [5.41, 5.74) is 0. The quantitative estimate of drug-likeness (QED) is 0.588. The third kappa shape index (κ3) is 5.84. The van der Waals surface area contributed by atoms with E-state index in [2.05, 4.69) is 13.8 Å². The highest BCUT2D eigenvalue weighted by Gasteiger charge is 2.10. The van der Waals surface area contributed by atoms with Crippen molar-refractivity contribution in [3.8, 4) is 0 Å². The van der Waals surface area contributed by atoms with Crippen LogP contribution in [-0.4, -0.2) is 5.78 Å². The lowest BCUT2D eigenvalue weighted by molar-refractivity contribution is -0.122. The first-order valence-corrected chi connectivity index (χ1v) is 5.64. The van der Waals surface area contributed by atoms with E-state index in [1.54, 1.807) is 0 Å². The van der Waals surface area contributed by atoms with Crippen LogP contribution in [0.25, 0.3) is 0 Å². The molecular formula is C12H24O. The van der Waals surface area contributed by atoms with Crippen LogP contribution in [0.1, 0.15) is 59.8 Å². The first-order valence-electron chi connectivity index (χ1n) is 5.64. The molecule has 0 bridgehead atoms. The summed E-state index contributed by atoms with van der Waals surface area (Å²) in [5.74, 6) is 1.42. The number of carbonyl (C=O) groups excluding carboxylic acids is 1. The topological polar surface area (TPSA) is 17.1 Å². The van der Waals surface area contributed by atoms with Gasteiger partial charge in [0.15, 0.2) is 0 Å². The van der Waals surface area contributed by atoms with Gasteiger partial charge in [0.05, 0.1) is 0 Å². The maximum Gasteiger partial charge on any atom is 0.135 e. The molecule has 0 N–H and O–H groups in total. The summed E-state index contributed by atoms with van der Waals surface area (Å²) in [6.07, 6.45) is 5.63.